The molecule has 5 heteroatoms. The van der Waals surface area contributed by atoms with Crippen LogP contribution in [-0.2, 0) is 12.8 Å². The van der Waals surface area contributed by atoms with E-state index >= 15 is 0 Å². The topological polar surface area (TPSA) is 50.9 Å². The van der Waals surface area contributed by atoms with Crippen molar-refractivity contribution in [3.05, 3.63) is 64.7 Å². The maximum atomic E-state index is 13.8. The Balaban J connectivity index is 2.09. The first-order valence-corrected chi connectivity index (χ1v) is 6.37. The predicted molar refractivity (Wildman–Crippen MR) is 74.2 cm³/mol. The minimum absolute atomic E-state index is 0.0946. The van der Waals surface area contributed by atoms with Gasteiger partial charge in [-0.2, -0.15) is 0 Å². The van der Waals surface area contributed by atoms with E-state index < -0.39 is 0 Å². The van der Waals surface area contributed by atoms with Crippen LogP contribution in [0.15, 0.2) is 42.6 Å². The number of aromatic nitrogens is 1. The number of hydrogen-bond acceptors (Lipinski definition) is 3. The lowest BCUT2D eigenvalue weighted by Gasteiger charge is -2.16. The normalized spacial score (nSPS) is 12.4. The summed E-state index contributed by atoms with van der Waals surface area (Å²) in [6, 6.07) is 10.6. The molecule has 0 aliphatic carbocycles. The van der Waals surface area contributed by atoms with Gasteiger partial charge in [0.1, 0.15) is 5.82 Å². The smallest absolute Gasteiger partial charge is 0.145 e. The molecule has 0 fully saturated rings. The molecule has 1 aromatic heterocycles. The van der Waals surface area contributed by atoms with Crippen molar-refractivity contribution in [2.75, 3.05) is 0 Å². The van der Waals surface area contributed by atoms with Gasteiger partial charge in [0.15, 0.2) is 0 Å². The average molecular weight is 280 g/mol. The number of hydrogen-bond donors (Lipinski definition) is 2. The minimum Gasteiger partial charge on any atom is -0.271 e. The maximum absolute atomic E-state index is 13.8. The Labute approximate surface area is 116 Å². The highest BCUT2D eigenvalue weighted by molar-refractivity contribution is 6.30. The zero-order valence-corrected chi connectivity index (χ0v) is 11.1. The predicted octanol–water partition coefficient (Wildman–Crippen LogP) is 2.49. The van der Waals surface area contributed by atoms with Gasteiger partial charge in [-0.1, -0.05) is 29.8 Å². The Hall–Kier alpha value is -1.49. The van der Waals surface area contributed by atoms with Gasteiger partial charge < -0.3 is 0 Å². The van der Waals surface area contributed by atoms with E-state index in [4.69, 9.17) is 17.4 Å². The second kappa shape index (κ2) is 6.61. The van der Waals surface area contributed by atoms with Crippen molar-refractivity contribution in [2.24, 2.45) is 5.84 Å². The van der Waals surface area contributed by atoms with Crippen LogP contribution in [0.4, 0.5) is 4.39 Å². The molecule has 0 amide bonds. The lowest BCUT2D eigenvalue weighted by atomic mass is 10.0. The minimum atomic E-state index is -0.384. The molecule has 0 saturated carbocycles. The zero-order chi connectivity index (χ0) is 13.7. The molecule has 0 aliphatic rings. The van der Waals surface area contributed by atoms with Crippen LogP contribution in [0.1, 0.15) is 11.3 Å². The van der Waals surface area contributed by atoms with Gasteiger partial charge >= 0.3 is 0 Å². The van der Waals surface area contributed by atoms with Crippen LogP contribution in [0.3, 0.4) is 0 Å². The number of rotatable bonds is 5. The van der Waals surface area contributed by atoms with E-state index in [0.717, 1.165) is 5.69 Å². The lowest BCUT2D eigenvalue weighted by Crippen LogP contribution is -2.38. The second-order valence-electron chi connectivity index (χ2n) is 4.31. The number of nitrogens with one attached hydrogen (secondary N) is 1. The van der Waals surface area contributed by atoms with Crippen molar-refractivity contribution in [3.63, 3.8) is 0 Å². The third kappa shape index (κ3) is 3.73. The van der Waals surface area contributed by atoms with Crippen LogP contribution in [0.25, 0.3) is 0 Å². The van der Waals surface area contributed by atoms with Gasteiger partial charge in [0, 0.05) is 24.4 Å². The molecule has 2 rings (SSSR count). The quantitative estimate of drug-likeness (QED) is 0.653. The van der Waals surface area contributed by atoms with Gasteiger partial charge in [-0.05, 0) is 30.2 Å². The molecule has 19 heavy (non-hydrogen) atoms. The molecule has 1 aromatic carbocycles. The van der Waals surface area contributed by atoms with Gasteiger partial charge in [0.05, 0.1) is 5.02 Å². The fourth-order valence-electron chi connectivity index (χ4n) is 1.93. The summed E-state index contributed by atoms with van der Waals surface area (Å²) in [7, 11) is 0. The summed E-state index contributed by atoms with van der Waals surface area (Å²) in [5, 5.41) is 0.131. The largest absolute Gasteiger partial charge is 0.271 e. The Bertz CT molecular complexity index is 533. The molecule has 3 nitrogen and oxygen atoms in total. The Kier molecular flexibility index (Phi) is 4.85. The average Bonchev–Trinajstić information content (AvgIpc) is 2.44. The van der Waals surface area contributed by atoms with Crippen molar-refractivity contribution in [2.45, 2.75) is 18.9 Å². The second-order valence-corrected chi connectivity index (χ2v) is 4.71. The van der Waals surface area contributed by atoms with Crippen LogP contribution >= 0.6 is 11.6 Å². The van der Waals surface area contributed by atoms with Crippen LogP contribution in [0.2, 0.25) is 5.02 Å². The number of hydrazine groups is 1. The molecule has 0 bridgehead atoms. The summed E-state index contributed by atoms with van der Waals surface area (Å²) in [4.78, 5) is 4.23. The summed E-state index contributed by atoms with van der Waals surface area (Å²) in [5.74, 6) is 5.14. The molecule has 1 atom stereocenters. The van der Waals surface area contributed by atoms with Crippen molar-refractivity contribution in [1.82, 2.24) is 10.4 Å². The van der Waals surface area contributed by atoms with E-state index in [9.17, 15) is 4.39 Å². The van der Waals surface area contributed by atoms with Crippen molar-refractivity contribution < 1.29 is 4.39 Å². The molecule has 1 unspecified atom stereocenters. The number of benzene rings is 1. The van der Waals surface area contributed by atoms with E-state index in [0.29, 0.717) is 18.4 Å². The Morgan fingerprint density at radius 1 is 1.21 bits per heavy atom. The fourth-order valence-corrected chi connectivity index (χ4v) is 2.13. The highest BCUT2D eigenvalue weighted by Crippen LogP contribution is 2.19. The first-order chi connectivity index (χ1) is 9.20. The summed E-state index contributed by atoms with van der Waals surface area (Å²) < 4.78 is 13.8. The summed E-state index contributed by atoms with van der Waals surface area (Å²) in [5.41, 5.74) is 4.15. The molecule has 0 aliphatic heterocycles. The third-order valence-electron chi connectivity index (χ3n) is 2.92. The number of nitrogens with two attached hydrogens (primary N) is 1. The van der Waals surface area contributed by atoms with Gasteiger partial charge in [-0.3, -0.25) is 16.3 Å². The van der Waals surface area contributed by atoms with Crippen molar-refractivity contribution in [1.29, 1.82) is 0 Å². The van der Waals surface area contributed by atoms with Gasteiger partial charge in [-0.25, -0.2) is 4.39 Å². The highest BCUT2D eigenvalue weighted by atomic mass is 35.5. The van der Waals surface area contributed by atoms with Crippen LogP contribution in [-0.4, -0.2) is 11.0 Å². The number of halogens is 2. The summed E-state index contributed by atoms with van der Waals surface area (Å²) in [6.07, 6.45) is 2.81. The highest BCUT2D eigenvalue weighted by Gasteiger charge is 2.13. The molecule has 0 radical (unpaired) electrons. The standard InChI is InChI=1S/C14H15ClFN3/c15-13-6-3-4-10(14(13)16)8-12(19-17)9-11-5-1-2-7-18-11/h1-7,12,19H,8-9,17H2. The Morgan fingerprint density at radius 2 is 2.05 bits per heavy atom. The maximum Gasteiger partial charge on any atom is 0.145 e. The molecular formula is C14H15ClFN3. The third-order valence-corrected chi connectivity index (χ3v) is 3.21. The van der Waals surface area contributed by atoms with E-state index in [-0.39, 0.29) is 16.9 Å². The number of nitrogens with zero attached hydrogens (tertiary/aromatic N) is 1. The van der Waals surface area contributed by atoms with Gasteiger partial charge in [-0.15, -0.1) is 0 Å². The zero-order valence-electron chi connectivity index (χ0n) is 10.3. The summed E-state index contributed by atoms with van der Waals surface area (Å²) in [6.45, 7) is 0. The van der Waals surface area contributed by atoms with Crippen molar-refractivity contribution >= 4 is 11.6 Å². The van der Waals surface area contributed by atoms with E-state index in [1.165, 1.54) is 6.07 Å². The van der Waals surface area contributed by atoms with E-state index in [1.54, 1.807) is 18.3 Å². The lowest BCUT2D eigenvalue weighted by molar-refractivity contribution is 0.502. The molecule has 0 spiro atoms. The number of pyridine rings is 1. The van der Waals surface area contributed by atoms with Crippen LogP contribution in [0, 0.1) is 5.82 Å². The molecular weight excluding hydrogens is 265 g/mol. The van der Waals surface area contributed by atoms with Crippen molar-refractivity contribution in [3.8, 4) is 0 Å². The van der Waals surface area contributed by atoms with Gasteiger partial charge in [0.2, 0.25) is 0 Å². The molecule has 100 valence electrons. The molecule has 0 saturated heterocycles. The SMILES string of the molecule is NNC(Cc1ccccn1)Cc1cccc(Cl)c1F. The van der Waals surface area contributed by atoms with E-state index in [2.05, 4.69) is 10.4 Å². The fraction of sp³-hybridized carbons (Fsp3) is 0.214. The molecule has 2 aromatic rings. The van der Waals surface area contributed by atoms with Crippen LogP contribution < -0.4 is 11.3 Å². The summed E-state index contributed by atoms with van der Waals surface area (Å²) >= 11 is 5.76. The molecule has 3 N–H and O–H groups in total. The van der Waals surface area contributed by atoms with Crippen LogP contribution in [0.5, 0.6) is 0 Å². The monoisotopic (exact) mass is 279 g/mol. The van der Waals surface area contributed by atoms with Gasteiger partial charge in [0.25, 0.3) is 0 Å². The first-order valence-electron chi connectivity index (χ1n) is 5.99. The molecule has 1 heterocycles. The first kappa shape index (κ1) is 13.9. The Morgan fingerprint density at radius 3 is 2.74 bits per heavy atom. The van der Waals surface area contributed by atoms with E-state index in [1.807, 2.05) is 18.2 Å².